The number of pyridine rings is 1. The number of aryl methyl sites for hydroxylation is 3. The highest BCUT2D eigenvalue weighted by Gasteiger charge is 2.31. The fraction of sp³-hybridized carbons (Fsp3) is 0.241. The zero-order valence-electron chi connectivity index (χ0n) is 20.3. The molecule has 5 aromatic rings. The molecule has 0 saturated heterocycles. The van der Waals surface area contributed by atoms with Gasteiger partial charge in [0.2, 0.25) is 5.69 Å². The molecule has 0 unspecified atom stereocenters. The predicted molar refractivity (Wildman–Crippen MR) is 132 cm³/mol. The number of rotatable bonds is 2. The maximum atomic E-state index is 8.49. The smallest absolute Gasteiger partial charge is 0.220 e. The molecule has 3 aromatic carbocycles. The molecule has 32 heavy (non-hydrogen) atoms. The van der Waals surface area contributed by atoms with E-state index in [0.717, 1.165) is 23.5 Å². The summed E-state index contributed by atoms with van der Waals surface area (Å²) in [5, 5.41) is 4.96. The molecule has 3 nitrogen and oxygen atoms in total. The summed E-state index contributed by atoms with van der Waals surface area (Å²) in [4.78, 5) is 4.84. The van der Waals surface area contributed by atoms with Gasteiger partial charge in [-0.15, -0.1) is 0 Å². The maximum Gasteiger partial charge on any atom is 0.220 e. The lowest BCUT2D eigenvalue weighted by Crippen LogP contribution is -2.31. The zero-order valence-corrected chi connectivity index (χ0v) is 19.3. The van der Waals surface area contributed by atoms with Crippen LogP contribution in [0.1, 0.15) is 49.3 Å². The SMILES string of the molecule is [2H]C(C)(C)c1ccc2c(-c3c4c(c5ccccc5c3C)-n3cc(C)nc3C4)[n+](C)ccc2c1. The Morgan fingerprint density at radius 3 is 2.59 bits per heavy atom. The molecule has 0 radical (unpaired) electrons. The summed E-state index contributed by atoms with van der Waals surface area (Å²) in [7, 11) is 2.13. The van der Waals surface area contributed by atoms with E-state index in [0.29, 0.717) is 0 Å². The van der Waals surface area contributed by atoms with Crippen molar-refractivity contribution < 1.29 is 5.94 Å². The van der Waals surface area contributed by atoms with Gasteiger partial charge >= 0.3 is 0 Å². The number of hydrogen-bond donors (Lipinski definition) is 0. The van der Waals surface area contributed by atoms with Gasteiger partial charge in [-0.1, -0.05) is 50.2 Å². The number of imidazole rings is 1. The van der Waals surface area contributed by atoms with Crippen LogP contribution in [0, 0.1) is 13.8 Å². The van der Waals surface area contributed by atoms with Gasteiger partial charge in [-0.25, -0.2) is 9.55 Å². The molecule has 0 aliphatic carbocycles. The van der Waals surface area contributed by atoms with E-state index in [2.05, 4.69) is 91.0 Å². The highest BCUT2D eigenvalue weighted by molar-refractivity contribution is 6.04. The molecule has 0 spiro atoms. The van der Waals surface area contributed by atoms with Crippen molar-refractivity contribution in [1.29, 1.82) is 0 Å². The molecule has 0 saturated carbocycles. The van der Waals surface area contributed by atoms with E-state index in [1.54, 1.807) is 0 Å². The van der Waals surface area contributed by atoms with Crippen LogP contribution in [0.15, 0.2) is 60.9 Å². The van der Waals surface area contributed by atoms with Gasteiger partial charge in [-0.05, 0) is 53.3 Å². The number of hydrogen-bond acceptors (Lipinski definition) is 1. The summed E-state index contributed by atoms with van der Waals surface area (Å²) < 4.78 is 13.0. The van der Waals surface area contributed by atoms with Crippen molar-refractivity contribution in [1.82, 2.24) is 9.55 Å². The monoisotopic (exact) mass is 419 g/mol. The first-order valence-corrected chi connectivity index (χ1v) is 11.3. The van der Waals surface area contributed by atoms with E-state index < -0.39 is 5.89 Å². The quantitative estimate of drug-likeness (QED) is 0.301. The van der Waals surface area contributed by atoms with Crippen LogP contribution in [0.3, 0.4) is 0 Å². The van der Waals surface area contributed by atoms with E-state index in [1.165, 1.54) is 49.6 Å². The van der Waals surface area contributed by atoms with E-state index in [9.17, 15) is 0 Å². The van der Waals surface area contributed by atoms with Gasteiger partial charge < -0.3 is 4.57 Å². The number of benzene rings is 3. The first-order chi connectivity index (χ1) is 15.7. The van der Waals surface area contributed by atoms with Crippen molar-refractivity contribution in [2.45, 2.75) is 40.0 Å². The minimum absolute atomic E-state index is 0.625. The van der Waals surface area contributed by atoms with Crippen molar-refractivity contribution >= 4 is 21.5 Å². The van der Waals surface area contributed by atoms with Crippen LogP contribution in [0.25, 0.3) is 38.5 Å². The highest BCUT2D eigenvalue weighted by Crippen LogP contribution is 2.44. The van der Waals surface area contributed by atoms with Crippen LogP contribution in [0.5, 0.6) is 0 Å². The lowest BCUT2D eigenvalue weighted by molar-refractivity contribution is -0.659. The van der Waals surface area contributed by atoms with Crippen molar-refractivity contribution in [2.24, 2.45) is 7.05 Å². The Morgan fingerprint density at radius 2 is 1.81 bits per heavy atom. The summed E-state index contributed by atoms with van der Waals surface area (Å²) in [6, 6.07) is 17.4. The Kier molecular flexibility index (Phi) is 3.84. The second kappa shape index (κ2) is 6.77. The minimum atomic E-state index is -0.625. The van der Waals surface area contributed by atoms with Gasteiger partial charge in [0.05, 0.1) is 22.3 Å². The van der Waals surface area contributed by atoms with Crippen LogP contribution >= 0.6 is 0 Å². The van der Waals surface area contributed by atoms with Crippen LogP contribution < -0.4 is 4.57 Å². The third-order valence-electron chi connectivity index (χ3n) is 6.98. The summed E-state index contributed by atoms with van der Waals surface area (Å²) in [5.74, 6) is 0.486. The molecule has 0 atom stereocenters. The van der Waals surface area contributed by atoms with Crippen LogP contribution in [0.4, 0.5) is 0 Å². The maximum absolute atomic E-state index is 8.49. The fourth-order valence-electron chi connectivity index (χ4n) is 5.45. The molecule has 6 rings (SSSR count). The van der Waals surface area contributed by atoms with Crippen molar-refractivity contribution in [3.63, 3.8) is 0 Å². The van der Waals surface area contributed by atoms with Crippen LogP contribution in [0.2, 0.25) is 0 Å². The molecule has 1 aliphatic heterocycles. The van der Waals surface area contributed by atoms with E-state index in [4.69, 9.17) is 6.35 Å². The molecule has 3 heterocycles. The number of aromatic nitrogens is 3. The average molecular weight is 420 g/mol. The van der Waals surface area contributed by atoms with Crippen molar-refractivity contribution in [2.75, 3.05) is 0 Å². The standard InChI is InChI=1S/C29H28N3/c1-17(2)20-10-11-23-21(14-20)12-13-31(5)29(23)27-19(4)22-8-6-7-9-24(22)28-25(27)15-26-30-18(3)16-32(26)28/h6-14,16-17H,15H2,1-5H3/q+1/i17D. The zero-order chi connectivity index (χ0) is 23.1. The first kappa shape index (κ1) is 18.1. The summed E-state index contributed by atoms with van der Waals surface area (Å²) >= 11 is 0. The predicted octanol–water partition coefficient (Wildman–Crippen LogP) is 6.31. The van der Waals surface area contributed by atoms with Crippen molar-refractivity contribution in [3.05, 3.63) is 89.1 Å². The normalized spacial score (nSPS) is 13.5. The summed E-state index contributed by atoms with van der Waals surface area (Å²) in [5.41, 5.74) is 8.54. The largest absolute Gasteiger partial charge is 0.302 e. The Morgan fingerprint density at radius 1 is 1.03 bits per heavy atom. The molecule has 0 bridgehead atoms. The van der Waals surface area contributed by atoms with Crippen LogP contribution in [-0.2, 0) is 13.5 Å². The van der Waals surface area contributed by atoms with E-state index in [1.807, 2.05) is 13.8 Å². The first-order valence-electron chi connectivity index (χ1n) is 11.8. The van der Waals surface area contributed by atoms with Crippen LogP contribution in [-0.4, -0.2) is 9.55 Å². The summed E-state index contributed by atoms with van der Waals surface area (Å²) in [6.07, 6.45) is 5.15. The Balaban J connectivity index is 1.74. The van der Waals surface area contributed by atoms with Gasteiger partial charge in [0.1, 0.15) is 12.9 Å². The molecule has 3 heteroatoms. The number of fused-ring (bicyclic) bond motifs is 6. The van der Waals surface area contributed by atoms with E-state index >= 15 is 0 Å². The fourth-order valence-corrected chi connectivity index (χ4v) is 5.45. The second-order valence-corrected chi connectivity index (χ2v) is 9.30. The number of nitrogens with zero attached hydrogens (tertiary/aromatic N) is 3. The molecule has 0 N–H and O–H groups in total. The Bertz CT molecular complexity index is 1600. The average Bonchev–Trinajstić information content (AvgIpc) is 3.30. The topological polar surface area (TPSA) is 21.7 Å². The van der Waals surface area contributed by atoms with Crippen molar-refractivity contribution in [3.8, 4) is 16.9 Å². The van der Waals surface area contributed by atoms with Gasteiger partial charge in [-0.3, -0.25) is 0 Å². The second-order valence-electron chi connectivity index (χ2n) is 9.30. The lowest BCUT2D eigenvalue weighted by Gasteiger charge is -2.17. The Hall–Kier alpha value is -3.46. The van der Waals surface area contributed by atoms with Gasteiger partial charge in [-0.2, -0.15) is 0 Å². The third kappa shape index (κ3) is 2.60. The minimum Gasteiger partial charge on any atom is -0.302 e. The molecular weight excluding hydrogens is 390 g/mol. The molecule has 0 amide bonds. The third-order valence-corrected chi connectivity index (χ3v) is 6.98. The molecule has 0 fully saturated rings. The lowest BCUT2D eigenvalue weighted by atomic mass is 9.88. The molecule has 158 valence electrons. The van der Waals surface area contributed by atoms with E-state index in [-0.39, 0.29) is 0 Å². The Labute approximate surface area is 190 Å². The van der Waals surface area contributed by atoms with Gasteiger partial charge in [0, 0.05) is 25.4 Å². The highest BCUT2D eigenvalue weighted by atomic mass is 15.1. The summed E-state index contributed by atoms with van der Waals surface area (Å²) in [6.45, 7) is 8.21. The molecular formula is C29H28N3+. The molecule has 1 aliphatic rings. The molecule has 2 aromatic heterocycles. The van der Waals surface area contributed by atoms with Gasteiger partial charge in [0.25, 0.3) is 0 Å². The van der Waals surface area contributed by atoms with Gasteiger partial charge in [0.15, 0.2) is 6.20 Å².